The molecule has 0 spiro atoms. The van der Waals surface area contributed by atoms with Gasteiger partial charge in [-0.05, 0) is 87.0 Å². The standard InChI is InChI=1S/C26H27NO3S/c1-17-6-10-22(14-18(17)2)27-19(3)15-24(20(27)4)25(28)16-30-26(29)13-9-21-7-11-23(31-5)12-8-21/h6-15H,16H2,1-5H3. The van der Waals surface area contributed by atoms with E-state index in [1.807, 2.05) is 56.5 Å². The van der Waals surface area contributed by atoms with Crippen molar-refractivity contribution in [2.24, 2.45) is 0 Å². The van der Waals surface area contributed by atoms with E-state index >= 15 is 0 Å². The second-order valence-corrected chi connectivity index (χ2v) is 8.41. The van der Waals surface area contributed by atoms with E-state index in [9.17, 15) is 9.59 Å². The summed E-state index contributed by atoms with van der Waals surface area (Å²) >= 11 is 1.66. The van der Waals surface area contributed by atoms with E-state index in [1.54, 1.807) is 17.8 Å². The van der Waals surface area contributed by atoms with Gasteiger partial charge < -0.3 is 9.30 Å². The Morgan fingerprint density at radius 3 is 2.32 bits per heavy atom. The molecule has 0 aliphatic carbocycles. The fourth-order valence-corrected chi connectivity index (χ4v) is 3.86. The van der Waals surface area contributed by atoms with Crippen molar-refractivity contribution < 1.29 is 14.3 Å². The third-order valence-electron chi connectivity index (χ3n) is 5.35. The Bertz CT molecular complexity index is 1140. The molecule has 0 saturated carbocycles. The number of esters is 1. The molecule has 0 amide bonds. The van der Waals surface area contributed by atoms with Crippen LogP contribution in [0.25, 0.3) is 11.8 Å². The van der Waals surface area contributed by atoms with Crippen molar-refractivity contribution in [2.75, 3.05) is 12.9 Å². The Morgan fingerprint density at radius 1 is 0.968 bits per heavy atom. The topological polar surface area (TPSA) is 48.3 Å². The monoisotopic (exact) mass is 433 g/mol. The summed E-state index contributed by atoms with van der Waals surface area (Å²) < 4.78 is 7.24. The molecule has 0 aliphatic heterocycles. The number of aromatic nitrogens is 1. The number of hydrogen-bond acceptors (Lipinski definition) is 4. The summed E-state index contributed by atoms with van der Waals surface area (Å²) in [7, 11) is 0. The minimum absolute atomic E-state index is 0.214. The maximum atomic E-state index is 12.7. The number of nitrogens with zero attached hydrogens (tertiary/aromatic N) is 1. The SMILES string of the molecule is CSc1ccc(C=CC(=O)OCC(=O)c2cc(C)n(-c3ccc(C)c(C)c3)c2C)cc1. The molecule has 5 heteroatoms. The Labute approximate surface area is 187 Å². The van der Waals surface area contributed by atoms with Crippen LogP contribution in [-0.4, -0.2) is 29.2 Å². The van der Waals surface area contributed by atoms with E-state index in [1.165, 1.54) is 17.2 Å². The molecule has 0 N–H and O–H groups in total. The van der Waals surface area contributed by atoms with Gasteiger partial charge in [0.2, 0.25) is 5.78 Å². The molecule has 3 rings (SSSR count). The second-order valence-electron chi connectivity index (χ2n) is 7.53. The highest BCUT2D eigenvalue weighted by atomic mass is 32.2. The molecule has 0 bridgehead atoms. The summed E-state index contributed by atoms with van der Waals surface area (Å²) in [5.41, 5.74) is 6.71. The first-order valence-electron chi connectivity index (χ1n) is 10.1. The maximum absolute atomic E-state index is 12.7. The van der Waals surface area contributed by atoms with E-state index in [0.717, 1.165) is 27.5 Å². The summed E-state index contributed by atoms with van der Waals surface area (Å²) in [6.45, 7) is 7.74. The Hall–Kier alpha value is -3.05. The van der Waals surface area contributed by atoms with Crippen molar-refractivity contribution >= 4 is 29.6 Å². The molecule has 160 valence electrons. The number of ether oxygens (including phenoxy) is 1. The third-order valence-corrected chi connectivity index (χ3v) is 6.10. The molecule has 0 unspecified atom stereocenters. The average Bonchev–Trinajstić information content (AvgIpc) is 3.07. The van der Waals surface area contributed by atoms with E-state index < -0.39 is 5.97 Å². The number of aryl methyl sites for hydroxylation is 3. The normalized spacial score (nSPS) is 11.1. The zero-order chi connectivity index (χ0) is 22.5. The minimum atomic E-state index is -0.537. The number of carbonyl (C=O) groups excluding carboxylic acids is 2. The number of hydrogen-bond donors (Lipinski definition) is 0. The fourth-order valence-electron chi connectivity index (χ4n) is 3.45. The van der Waals surface area contributed by atoms with Gasteiger partial charge in [0, 0.05) is 33.6 Å². The molecule has 0 aliphatic rings. The van der Waals surface area contributed by atoms with Gasteiger partial charge in [0.25, 0.3) is 0 Å². The molecule has 1 heterocycles. The van der Waals surface area contributed by atoms with Crippen LogP contribution in [0, 0.1) is 27.7 Å². The van der Waals surface area contributed by atoms with Gasteiger partial charge in [0.15, 0.2) is 6.61 Å². The summed E-state index contributed by atoms with van der Waals surface area (Å²) in [5.74, 6) is -0.750. The Balaban J connectivity index is 1.67. The van der Waals surface area contributed by atoms with Crippen LogP contribution in [-0.2, 0) is 9.53 Å². The highest BCUT2D eigenvalue weighted by Crippen LogP contribution is 2.23. The van der Waals surface area contributed by atoms with Gasteiger partial charge in [-0.1, -0.05) is 18.2 Å². The lowest BCUT2D eigenvalue weighted by Gasteiger charge is -2.12. The molecule has 0 radical (unpaired) electrons. The maximum Gasteiger partial charge on any atom is 0.331 e. The van der Waals surface area contributed by atoms with Crippen LogP contribution in [0.1, 0.15) is 38.4 Å². The quantitative estimate of drug-likeness (QED) is 0.202. The second kappa shape index (κ2) is 9.84. The van der Waals surface area contributed by atoms with Crippen molar-refractivity contribution in [2.45, 2.75) is 32.6 Å². The zero-order valence-corrected chi connectivity index (χ0v) is 19.4. The first-order chi connectivity index (χ1) is 14.8. The largest absolute Gasteiger partial charge is 0.454 e. The van der Waals surface area contributed by atoms with Gasteiger partial charge in [-0.15, -0.1) is 11.8 Å². The molecule has 31 heavy (non-hydrogen) atoms. The summed E-state index contributed by atoms with van der Waals surface area (Å²) in [6, 6.07) is 15.9. The van der Waals surface area contributed by atoms with Crippen LogP contribution in [0.4, 0.5) is 0 Å². The zero-order valence-electron chi connectivity index (χ0n) is 18.6. The molecule has 3 aromatic rings. The van der Waals surface area contributed by atoms with Gasteiger partial charge in [-0.25, -0.2) is 4.79 Å². The molecule has 1 aromatic heterocycles. The number of thioether (sulfide) groups is 1. The van der Waals surface area contributed by atoms with Crippen molar-refractivity contribution in [1.82, 2.24) is 4.57 Å². The molecule has 0 fully saturated rings. The van der Waals surface area contributed by atoms with Crippen molar-refractivity contribution in [1.29, 1.82) is 0 Å². The van der Waals surface area contributed by atoms with Gasteiger partial charge in [-0.3, -0.25) is 4.79 Å². The van der Waals surface area contributed by atoms with Gasteiger partial charge >= 0.3 is 5.97 Å². The minimum Gasteiger partial charge on any atom is -0.454 e. The molecular weight excluding hydrogens is 406 g/mol. The number of Topliss-reactive ketones (excluding diaryl/α,β-unsaturated/α-hetero) is 1. The lowest BCUT2D eigenvalue weighted by Crippen LogP contribution is -2.13. The van der Waals surface area contributed by atoms with Crippen LogP contribution in [0.2, 0.25) is 0 Å². The predicted octanol–water partition coefficient (Wildman–Crippen LogP) is 5.87. The highest BCUT2D eigenvalue weighted by Gasteiger charge is 2.18. The molecule has 0 atom stereocenters. The van der Waals surface area contributed by atoms with E-state index in [-0.39, 0.29) is 12.4 Å². The van der Waals surface area contributed by atoms with Crippen molar-refractivity contribution in [3.05, 3.63) is 88.2 Å². The Morgan fingerprint density at radius 2 is 1.68 bits per heavy atom. The van der Waals surface area contributed by atoms with E-state index in [4.69, 9.17) is 4.74 Å². The number of benzene rings is 2. The number of carbonyl (C=O) groups is 2. The van der Waals surface area contributed by atoms with Crippen LogP contribution in [0.5, 0.6) is 0 Å². The average molecular weight is 434 g/mol. The molecule has 4 nitrogen and oxygen atoms in total. The van der Waals surface area contributed by atoms with Gasteiger partial charge in [-0.2, -0.15) is 0 Å². The van der Waals surface area contributed by atoms with Crippen LogP contribution in [0.15, 0.2) is 59.5 Å². The van der Waals surface area contributed by atoms with Gasteiger partial charge in [0.1, 0.15) is 0 Å². The lowest BCUT2D eigenvalue weighted by molar-refractivity contribution is -0.136. The lowest BCUT2D eigenvalue weighted by atomic mass is 10.1. The summed E-state index contributed by atoms with van der Waals surface area (Å²) in [6.07, 6.45) is 5.04. The first-order valence-corrected chi connectivity index (χ1v) is 11.3. The number of rotatable bonds is 7. The van der Waals surface area contributed by atoms with Crippen molar-refractivity contribution in [3.63, 3.8) is 0 Å². The predicted molar refractivity (Wildman–Crippen MR) is 127 cm³/mol. The van der Waals surface area contributed by atoms with E-state index in [0.29, 0.717) is 5.56 Å². The fraction of sp³-hybridized carbons (Fsp3) is 0.231. The highest BCUT2D eigenvalue weighted by molar-refractivity contribution is 7.98. The van der Waals surface area contributed by atoms with Crippen molar-refractivity contribution in [3.8, 4) is 5.69 Å². The molecule has 0 saturated heterocycles. The molecule has 2 aromatic carbocycles. The Kier molecular flexibility index (Phi) is 7.18. The van der Waals surface area contributed by atoms with Crippen LogP contribution >= 0.6 is 11.8 Å². The van der Waals surface area contributed by atoms with Crippen LogP contribution in [0.3, 0.4) is 0 Å². The number of ketones is 1. The van der Waals surface area contributed by atoms with Gasteiger partial charge in [0.05, 0.1) is 0 Å². The van der Waals surface area contributed by atoms with Crippen LogP contribution < -0.4 is 0 Å². The summed E-state index contributed by atoms with van der Waals surface area (Å²) in [5, 5.41) is 0. The first kappa shape index (κ1) is 22.6. The van der Waals surface area contributed by atoms with E-state index in [2.05, 4.69) is 30.5 Å². The summed E-state index contributed by atoms with van der Waals surface area (Å²) in [4.78, 5) is 25.9. The smallest absolute Gasteiger partial charge is 0.331 e. The third kappa shape index (κ3) is 5.36. The molecular formula is C26H27NO3S.